The lowest BCUT2D eigenvalue weighted by atomic mass is 10.2. The Kier molecular flexibility index (Phi) is 5.01. The second-order valence-corrected chi connectivity index (χ2v) is 5.64. The van der Waals surface area contributed by atoms with Gasteiger partial charge in [0.1, 0.15) is 12.0 Å². The van der Waals surface area contributed by atoms with Crippen LogP contribution in [0.15, 0.2) is 64.1 Å². The van der Waals surface area contributed by atoms with Crippen molar-refractivity contribution in [3.63, 3.8) is 0 Å². The third kappa shape index (κ3) is 4.30. The summed E-state index contributed by atoms with van der Waals surface area (Å²) in [5.74, 6) is -0.443. The molecule has 0 saturated heterocycles. The monoisotopic (exact) mass is 391 g/mol. The van der Waals surface area contributed by atoms with E-state index in [1.807, 2.05) is 30.3 Å². The molecule has 0 aliphatic carbocycles. The summed E-state index contributed by atoms with van der Waals surface area (Å²) in [6, 6.07) is 9.15. The number of oxazole rings is 1. The minimum absolute atomic E-state index is 0.00677. The molecule has 0 aliphatic heterocycles. The Labute approximate surface area is 163 Å². The first-order chi connectivity index (χ1) is 14.2. The van der Waals surface area contributed by atoms with Crippen LogP contribution in [0, 0.1) is 0 Å². The van der Waals surface area contributed by atoms with Gasteiger partial charge in [0.05, 0.1) is 12.7 Å². The zero-order chi connectivity index (χ0) is 20.1. The lowest BCUT2D eigenvalue weighted by Crippen LogP contribution is -2.23. The zero-order valence-corrected chi connectivity index (χ0v) is 14.8. The normalized spacial score (nSPS) is 10.5. The van der Waals surface area contributed by atoms with Crippen molar-refractivity contribution in [2.75, 3.05) is 5.32 Å². The molecule has 0 radical (unpaired) electrons. The van der Waals surface area contributed by atoms with Crippen LogP contribution in [0.3, 0.4) is 0 Å². The van der Waals surface area contributed by atoms with Gasteiger partial charge in [-0.05, 0) is 0 Å². The zero-order valence-electron chi connectivity index (χ0n) is 14.8. The molecule has 144 valence electrons. The molecule has 0 fully saturated rings. The third-order valence-electron chi connectivity index (χ3n) is 3.65. The largest absolute Gasteiger partial charge is 0.431 e. The number of amides is 2. The quantitative estimate of drug-likeness (QED) is 0.500. The van der Waals surface area contributed by atoms with E-state index in [4.69, 9.17) is 8.94 Å². The average molecular weight is 391 g/mol. The van der Waals surface area contributed by atoms with Crippen LogP contribution < -0.4 is 10.6 Å². The Balaban J connectivity index is 1.34. The summed E-state index contributed by atoms with van der Waals surface area (Å²) < 4.78 is 10.2. The maximum absolute atomic E-state index is 12.2. The van der Waals surface area contributed by atoms with Crippen molar-refractivity contribution < 1.29 is 18.5 Å². The number of anilines is 1. The molecule has 0 unspecified atom stereocenters. The molecule has 11 nitrogen and oxygen atoms in total. The summed E-state index contributed by atoms with van der Waals surface area (Å²) in [6.07, 6.45) is 5.23. The van der Waals surface area contributed by atoms with Crippen LogP contribution >= 0.6 is 0 Å². The van der Waals surface area contributed by atoms with Crippen molar-refractivity contribution in [3.05, 3.63) is 72.5 Å². The van der Waals surface area contributed by atoms with Gasteiger partial charge in [-0.25, -0.2) is 4.98 Å². The molecule has 3 aromatic heterocycles. The molecular formula is C18H13N7O4. The predicted octanol–water partition coefficient (Wildman–Crippen LogP) is 1.70. The van der Waals surface area contributed by atoms with Gasteiger partial charge in [0.2, 0.25) is 11.7 Å². The number of hydrogen-bond donors (Lipinski definition) is 2. The molecule has 4 aromatic rings. The molecule has 2 amide bonds. The fraction of sp³-hybridized carbons (Fsp3) is 0.0556. The van der Waals surface area contributed by atoms with E-state index in [9.17, 15) is 9.59 Å². The average Bonchev–Trinajstić information content (AvgIpc) is 3.43. The first-order valence-electron chi connectivity index (χ1n) is 8.38. The van der Waals surface area contributed by atoms with Gasteiger partial charge in [-0.3, -0.25) is 19.9 Å². The van der Waals surface area contributed by atoms with Crippen LogP contribution in [0.5, 0.6) is 0 Å². The lowest BCUT2D eigenvalue weighted by Gasteiger charge is -1.99. The smallest absolute Gasteiger partial charge is 0.302 e. The number of benzene rings is 1. The third-order valence-corrected chi connectivity index (χ3v) is 3.65. The molecule has 0 bridgehead atoms. The summed E-state index contributed by atoms with van der Waals surface area (Å²) in [4.78, 5) is 40.0. The van der Waals surface area contributed by atoms with Gasteiger partial charge in [0, 0.05) is 18.0 Å². The van der Waals surface area contributed by atoms with E-state index < -0.39 is 11.8 Å². The van der Waals surface area contributed by atoms with E-state index in [1.165, 1.54) is 18.6 Å². The molecule has 2 N–H and O–H groups in total. The van der Waals surface area contributed by atoms with Crippen LogP contribution in [0.1, 0.15) is 26.9 Å². The van der Waals surface area contributed by atoms with Gasteiger partial charge in [-0.15, -0.1) is 0 Å². The summed E-state index contributed by atoms with van der Waals surface area (Å²) in [6.45, 7) is 0.00677. The van der Waals surface area contributed by atoms with Crippen molar-refractivity contribution in [2.24, 2.45) is 0 Å². The number of nitrogens with one attached hydrogen (secondary N) is 2. The molecule has 4 rings (SSSR count). The molecule has 3 heterocycles. The summed E-state index contributed by atoms with van der Waals surface area (Å²) in [5.41, 5.74) is 0.860. The highest BCUT2D eigenvalue weighted by molar-refractivity contribution is 6.01. The maximum Gasteiger partial charge on any atom is 0.302 e. The summed E-state index contributed by atoms with van der Waals surface area (Å²) in [7, 11) is 0. The van der Waals surface area contributed by atoms with E-state index in [2.05, 4.69) is 35.7 Å². The highest BCUT2D eigenvalue weighted by atomic mass is 16.5. The first-order valence-corrected chi connectivity index (χ1v) is 8.38. The van der Waals surface area contributed by atoms with E-state index in [0.717, 1.165) is 11.8 Å². The molecule has 1 aromatic carbocycles. The standard InChI is InChI=1S/C18H13N7O4/c26-16(21-9-14-23-15(25-29-14)11-4-2-1-3-5-11)13-10-28-18(22-13)24-17(27)12-8-19-6-7-20-12/h1-8,10H,9H2,(H,21,26)(H,22,24,27). The summed E-state index contributed by atoms with van der Waals surface area (Å²) >= 11 is 0. The molecular weight excluding hydrogens is 378 g/mol. The topological polar surface area (TPSA) is 149 Å². The molecule has 0 spiro atoms. The van der Waals surface area contributed by atoms with Crippen LogP contribution in [0.2, 0.25) is 0 Å². The number of rotatable bonds is 6. The highest BCUT2D eigenvalue weighted by Gasteiger charge is 2.16. The summed E-state index contributed by atoms with van der Waals surface area (Å²) in [5, 5.41) is 8.85. The van der Waals surface area contributed by atoms with Crippen molar-refractivity contribution in [3.8, 4) is 11.4 Å². The van der Waals surface area contributed by atoms with E-state index in [1.54, 1.807) is 0 Å². The van der Waals surface area contributed by atoms with Crippen molar-refractivity contribution in [1.29, 1.82) is 0 Å². The Hall–Kier alpha value is -4.41. The minimum atomic E-state index is -0.564. The van der Waals surface area contributed by atoms with Gasteiger partial charge >= 0.3 is 6.01 Å². The van der Waals surface area contributed by atoms with Gasteiger partial charge < -0.3 is 14.3 Å². The van der Waals surface area contributed by atoms with Crippen molar-refractivity contribution in [2.45, 2.75) is 6.54 Å². The van der Waals surface area contributed by atoms with Crippen molar-refractivity contribution in [1.82, 2.24) is 30.4 Å². The second kappa shape index (κ2) is 8.08. The number of hydrogen-bond acceptors (Lipinski definition) is 9. The van der Waals surface area contributed by atoms with Gasteiger partial charge in [-0.1, -0.05) is 35.5 Å². The number of aromatic nitrogens is 5. The van der Waals surface area contributed by atoms with Crippen LogP contribution in [-0.4, -0.2) is 36.9 Å². The number of carbonyl (C=O) groups excluding carboxylic acids is 2. The molecule has 0 saturated carbocycles. The molecule has 0 atom stereocenters. The van der Waals surface area contributed by atoms with Crippen LogP contribution in [0.4, 0.5) is 6.01 Å². The molecule has 11 heteroatoms. The Bertz CT molecular complexity index is 1130. The van der Waals surface area contributed by atoms with Crippen LogP contribution in [-0.2, 0) is 6.54 Å². The fourth-order valence-electron chi connectivity index (χ4n) is 2.29. The molecule has 0 aliphatic rings. The lowest BCUT2D eigenvalue weighted by molar-refractivity contribution is 0.0940. The van der Waals surface area contributed by atoms with E-state index >= 15 is 0 Å². The first kappa shape index (κ1) is 18.0. The SMILES string of the molecule is O=C(NCc1nc(-c2ccccc2)no1)c1coc(NC(=O)c2cnccn2)n1. The van der Waals surface area contributed by atoms with E-state index in [-0.39, 0.29) is 29.8 Å². The van der Waals surface area contributed by atoms with E-state index in [0.29, 0.717) is 5.82 Å². The van der Waals surface area contributed by atoms with Gasteiger partial charge in [0.15, 0.2) is 5.69 Å². The minimum Gasteiger partial charge on any atom is -0.431 e. The Morgan fingerprint density at radius 3 is 2.66 bits per heavy atom. The Morgan fingerprint density at radius 2 is 1.86 bits per heavy atom. The van der Waals surface area contributed by atoms with Crippen molar-refractivity contribution >= 4 is 17.8 Å². The predicted molar refractivity (Wildman–Crippen MR) is 97.4 cm³/mol. The fourth-order valence-corrected chi connectivity index (χ4v) is 2.29. The van der Waals surface area contributed by atoms with Crippen LogP contribution in [0.25, 0.3) is 11.4 Å². The Morgan fingerprint density at radius 1 is 1.00 bits per heavy atom. The van der Waals surface area contributed by atoms with Gasteiger partial charge in [0.25, 0.3) is 11.8 Å². The second-order valence-electron chi connectivity index (χ2n) is 5.64. The molecule has 29 heavy (non-hydrogen) atoms. The number of carbonyl (C=O) groups is 2. The maximum atomic E-state index is 12.2. The number of nitrogens with zero attached hydrogens (tertiary/aromatic N) is 5. The van der Waals surface area contributed by atoms with Gasteiger partial charge in [-0.2, -0.15) is 9.97 Å². The highest BCUT2D eigenvalue weighted by Crippen LogP contribution is 2.15.